The second kappa shape index (κ2) is 6.03. The molecule has 2 N–H and O–H groups in total. The highest BCUT2D eigenvalue weighted by molar-refractivity contribution is 5.72. The number of fused-ring (bicyclic) bond motifs is 1. The lowest BCUT2D eigenvalue weighted by molar-refractivity contribution is 0.128. The minimum atomic E-state index is -0.267. The Morgan fingerprint density at radius 1 is 1.33 bits per heavy atom. The van der Waals surface area contributed by atoms with E-state index in [1.54, 1.807) is 4.57 Å². The first-order valence-corrected chi connectivity index (χ1v) is 7.70. The molecule has 0 radical (unpaired) electrons. The van der Waals surface area contributed by atoms with Crippen LogP contribution in [-0.4, -0.2) is 35.6 Å². The van der Waals surface area contributed by atoms with Crippen LogP contribution in [0.2, 0.25) is 0 Å². The van der Waals surface area contributed by atoms with E-state index in [1.165, 1.54) is 6.42 Å². The highest BCUT2D eigenvalue weighted by Gasteiger charge is 2.25. The third-order valence-electron chi connectivity index (χ3n) is 4.71. The van der Waals surface area contributed by atoms with E-state index in [4.69, 9.17) is 10.2 Å². The van der Waals surface area contributed by atoms with Crippen molar-refractivity contribution in [2.24, 2.45) is 17.6 Å². The first kappa shape index (κ1) is 14.4. The summed E-state index contributed by atoms with van der Waals surface area (Å²) in [6.07, 6.45) is 1.18. The fraction of sp³-hybridized carbons (Fsp3) is 0.562. The molecule has 2 aromatic rings. The predicted octanol–water partition coefficient (Wildman–Crippen LogP) is 1.51. The van der Waals surface area contributed by atoms with Crippen LogP contribution >= 0.6 is 0 Å². The van der Waals surface area contributed by atoms with Crippen LogP contribution in [0.1, 0.15) is 13.3 Å². The number of piperidine rings is 1. The SMILES string of the molecule is CC1CCN(CCn2c(=O)oc3ccccc32)CC1CN. The number of hydrogen-bond donors (Lipinski definition) is 1. The molecule has 0 saturated carbocycles. The van der Waals surface area contributed by atoms with Crippen molar-refractivity contribution in [3.8, 4) is 0 Å². The van der Waals surface area contributed by atoms with Crippen molar-refractivity contribution >= 4 is 11.1 Å². The van der Waals surface area contributed by atoms with E-state index in [1.807, 2.05) is 24.3 Å². The summed E-state index contributed by atoms with van der Waals surface area (Å²) in [4.78, 5) is 14.4. The number of para-hydroxylation sites is 2. The molecule has 2 heterocycles. The lowest BCUT2D eigenvalue weighted by Gasteiger charge is -2.36. The van der Waals surface area contributed by atoms with E-state index in [0.29, 0.717) is 24.0 Å². The number of aromatic nitrogens is 1. The molecule has 0 spiro atoms. The van der Waals surface area contributed by atoms with Crippen LogP contribution in [0.15, 0.2) is 33.5 Å². The van der Waals surface area contributed by atoms with Gasteiger partial charge in [0.15, 0.2) is 5.58 Å². The van der Waals surface area contributed by atoms with Crippen molar-refractivity contribution in [1.29, 1.82) is 0 Å². The van der Waals surface area contributed by atoms with Crippen molar-refractivity contribution in [1.82, 2.24) is 9.47 Å². The Balaban J connectivity index is 1.69. The van der Waals surface area contributed by atoms with Gasteiger partial charge >= 0.3 is 5.76 Å². The van der Waals surface area contributed by atoms with Gasteiger partial charge in [-0.1, -0.05) is 19.1 Å². The highest BCUT2D eigenvalue weighted by atomic mass is 16.4. The maximum Gasteiger partial charge on any atom is 0.419 e. The Kier molecular flexibility index (Phi) is 4.12. The Labute approximate surface area is 124 Å². The molecule has 5 nitrogen and oxygen atoms in total. The Hall–Kier alpha value is -1.59. The first-order valence-electron chi connectivity index (χ1n) is 7.70. The summed E-state index contributed by atoms with van der Waals surface area (Å²) in [7, 11) is 0. The third-order valence-corrected chi connectivity index (χ3v) is 4.71. The normalized spacial score (nSPS) is 23.7. The van der Waals surface area contributed by atoms with Gasteiger partial charge in [0.2, 0.25) is 0 Å². The number of oxazole rings is 1. The molecule has 1 aliphatic rings. The van der Waals surface area contributed by atoms with Crippen molar-refractivity contribution in [2.45, 2.75) is 19.9 Å². The van der Waals surface area contributed by atoms with Crippen LogP contribution < -0.4 is 11.5 Å². The average molecular weight is 289 g/mol. The van der Waals surface area contributed by atoms with E-state index in [2.05, 4.69) is 11.8 Å². The molecule has 1 fully saturated rings. The molecule has 0 aliphatic carbocycles. The maximum absolute atomic E-state index is 11.9. The van der Waals surface area contributed by atoms with Gasteiger partial charge < -0.3 is 15.1 Å². The quantitative estimate of drug-likeness (QED) is 0.926. The fourth-order valence-electron chi connectivity index (χ4n) is 3.20. The molecule has 2 atom stereocenters. The number of nitrogens with two attached hydrogens (primary N) is 1. The molecule has 114 valence electrons. The van der Waals surface area contributed by atoms with Gasteiger partial charge in [-0.05, 0) is 43.5 Å². The molecular formula is C16H23N3O2. The van der Waals surface area contributed by atoms with Crippen LogP contribution in [0.3, 0.4) is 0 Å². The van der Waals surface area contributed by atoms with Crippen molar-refractivity contribution in [3.63, 3.8) is 0 Å². The molecule has 2 unspecified atom stereocenters. The van der Waals surface area contributed by atoms with E-state index in [9.17, 15) is 4.79 Å². The Morgan fingerprint density at radius 3 is 2.95 bits per heavy atom. The Morgan fingerprint density at radius 2 is 2.14 bits per heavy atom. The lowest BCUT2D eigenvalue weighted by Crippen LogP contribution is -2.44. The van der Waals surface area contributed by atoms with Gasteiger partial charge in [-0.3, -0.25) is 4.57 Å². The van der Waals surface area contributed by atoms with Crippen LogP contribution in [-0.2, 0) is 6.54 Å². The second-order valence-corrected chi connectivity index (χ2v) is 6.05. The van der Waals surface area contributed by atoms with Crippen molar-refractivity contribution < 1.29 is 4.42 Å². The van der Waals surface area contributed by atoms with Crippen molar-refractivity contribution in [2.75, 3.05) is 26.2 Å². The molecule has 1 saturated heterocycles. The molecule has 0 amide bonds. The summed E-state index contributed by atoms with van der Waals surface area (Å²) >= 11 is 0. The Bertz CT molecular complexity index is 661. The van der Waals surface area contributed by atoms with E-state index < -0.39 is 0 Å². The summed E-state index contributed by atoms with van der Waals surface area (Å²) in [5.74, 6) is 0.997. The van der Waals surface area contributed by atoms with E-state index in [0.717, 1.165) is 31.7 Å². The lowest BCUT2D eigenvalue weighted by atomic mass is 9.87. The zero-order valence-corrected chi connectivity index (χ0v) is 12.5. The summed E-state index contributed by atoms with van der Waals surface area (Å²) in [5.41, 5.74) is 7.39. The van der Waals surface area contributed by atoms with Crippen molar-refractivity contribution in [3.05, 3.63) is 34.8 Å². The summed E-state index contributed by atoms with van der Waals surface area (Å²) in [6.45, 7) is 6.67. The summed E-state index contributed by atoms with van der Waals surface area (Å²) in [6, 6.07) is 7.58. The number of benzene rings is 1. The first-order chi connectivity index (χ1) is 10.2. The van der Waals surface area contributed by atoms with Gasteiger partial charge in [-0.2, -0.15) is 0 Å². The smallest absolute Gasteiger partial charge is 0.408 e. The standard InChI is InChI=1S/C16H23N3O2/c1-12-6-7-18(11-13(12)10-17)8-9-19-14-4-2-3-5-15(14)21-16(19)20/h2-5,12-13H,6-11,17H2,1H3. The monoisotopic (exact) mass is 289 g/mol. The van der Waals surface area contributed by atoms with Gasteiger partial charge in [0.1, 0.15) is 0 Å². The molecule has 3 rings (SSSR count). The predicted molar refractivity (Wildman–Crippen MR) is 83.2 cm³/mol. The van der Waals surface area contributed by atoms with Crippen LogP contribution in [0.5, 0.6) is 0 Å². The molecule has 1 aromatic heterocycles. The topological polar surface area (TPSA) is 64.4 Å². The number of nitrogens with zero attached hydrogens (tertiary/aromatic N) is 2. The fourth-order valence-corrected chi connectivity index (χ4v) is 3.20. The van der Waals surface area contributed by atoms with Gasteiger partial charge in [0, 0.05) is 19.6 Å². The second-order valence-electron chi connectivity index (χ2n) is 6.05. The van der Waals surface area contributed by atoms with Gasteiger partial charge in [-0.25, -0.2) is 4.79 Å². The minimum Gasteiger partial charge on any atom is -0.408 e. The number of likely N-dealkylation sites (tertiary alicyclic amines) is 1. The van der Waals surface area contributed by atoms with Gasteiger partial charge in [0.25, 0.3) is 0 Å². The minimum absolute atomic E-state index is 0.267. The average Bonchev–Trinajstić information content (AvgIpc) is 2.82. The van der Waals surface area contributed by atoms with E-state index >= 15 is 0 Å². The highest BCUT2D eigenvalue weighted by Crippen LogP contribution is 2.22. The summed E-state index contributed by atoms with van der Waals surface area (Å²) < 4.78 is 6.99. The maximum atomic E-state index is 11.9. The third kappa shape index (κ3) is 2.89. The van der Waals surface area contributed by atoms with Gasteiger partial charge in [0.05, 0.1) is 5.52 Å². The zero-order valence-electron chi connectivity index (χ0n) is 12.5. The molecule has 1 aliphatic heterocycles. The largest absolute Gasteiger partial charge is 0.419 e. The molecular weight excluding hydrogens is 266 g/mol. The molecule has 0 bridgehead atoms. The van der Waals surface area contributed by atoms with Crippen LogP contribution in [0.25, 0.3) is 11.1 Å². The molecule has 5 heteroatoms. The van der Waals surface area contributed by atoms with Crippen LogP contribution in [0, 0.1) is 11.8 Å². The van der Waals surface area contributed by atoms with Crippen LogP contribution in [0.4, 0.5) is 0 Å². The van der Waals surface area contributed by atoms with E-state index in [-0.39, 0.29) is 5.76 Å². The zero-order chi connectivity index (χ0) is 14.8. The molecule has 21 heavy (non-hydrogen) atoms. The summed E-state index contributed by atoms with van der Waals surface area (Å²) in [5, 5.41) is 0. The molecule has 1 aromatic carbocycles. The number of hydrogen-bond acceptors (Lipinski definition) is 4. The number of rotatable bonds is 4. The van der Waals surface area contributed by atoms with Gasteiger partial charge in [-0.15, -0.1) is 0 Å².